The quantitative estimate of drug-likeness (QED) is 0.588. The second-order valence-corrected chi connectivity index (χ2v) is 6.05. The molecule has 0 spiro atoms. The van der Waals surface area contributed by atoms with Crippen molar-refractivity contribution in [3.05, 3.63) is 0 Å². The van der Waals surface area contributed by atoms with Crippen molar-refractivity contribution in [1.82, 2.24) is 0 Å². The summed E-state index contributed by atoms with van der Waals surface area (Å²) in [6.45, 7) is 0. The molecule has 2 nitrogen and oxygen atoms in total. The molecule has 0 radical (unpaired) electrons. The van der Waals surface area contributed by atoms with E-state index in [1.54, 1.807) is 0 Å². The average molecular weight is 252 g/mol. The van der Waals surface area contributed by atoms with Crippen LogP contribution in [0.5, 0.6) is 0 Å². The summed E-state index contributed by atoms with van der Waals surface area (Å²) in [4.78, 5) is 11.4. The molecule has 18 heavy (non-hydrogen) atoms. The molecule has 2 heteroatoms. The minimum absolute atomic E-state index is 0.0734. The molecule has 0 unspecified atom stereocenters. The lowest BCUT2D eigenvalue weighted by atomic mass is 9.87. The molecule has 1 saturated heterocycles. The van der Waals surface area contributed by atoms with Gasteiger partial charge in [0.25, 0.3) is 0 Å². The van der Waals surface area contributed by atoms with Crippen LogP contribution in [-0.2, 0) is 9.53 Å². The molecule has 0 bridgehead atoms. The summed E-state index contributed by atoms with van der Waals surface area (Å²) in [5.41, 5.74) is 0. The molecule has 0 N–H and O–H groups in total. The van der Waals surface area contributed by atoms with Gasteiger partial charge in [-0.25, -0.2) is 0 Å². The Hall–Kier alpha value is -0.530. The van der Waals surface area contributed by atoms with Crippen LogP contribution in [0.2, 0.25) is 0 Å². The molecule has 1 aliphatic heterocycles. The highest BCUT2D eigenvalue weighted by atomic mass is 16.6. The van der Waals surface area contributed by atoms with Crippen molar-refractivity contribution >= 4 is 5.97 Å². The van der Waals surface area contributed by atoms with Gasteiger partial charge in [-0.3, -0.25) is 4.79 Å². The monoisotopic (exact) mass is 252 g/mol. The topological polar surface area (TPSA) is 26.3 Å². The van der Waals surface area contributed by atoms with Crippen LogP contribution >= 0.6 is 0 Å². The van der Waals surface area contributed by atoms with E-state index in [9.17, 15) is 4.79 Å². The van der Waals surface area contributed by atoms with Crippen LogP contribution in [0.1, 0.15) is 83.5 Å². The number of rotatable bonds is 0. The third-order valence-corrected chi connectivity index (χ3v) is 4.52. The maximum absolute atomic E-state index is 11.4. The van der Waals surface area contributed by atoms with Crippen LogP contribution in [0.4, 0.5) is 0 Å². The second kappa shape index (κ2) is 7.81. The number of esters is 1. The Kier molecular flexibility index (Phi) is 6.02. The summed E-state index contributed by atoms with van der Waals surface area (Å²) >= 11 is 0. The highest BCUT2D eigenvalue weighted by Gasteiger charge is 2.40. The zero-order chi connectivity index (χ0) is 12.6. The number of hydrogen-bond donors (Lipinski definition) is 0. The zero-order valence-electron chi connectivity index (χ0n) is 11.7. The molecular weight excluding hydrogens is 224 g/mol. The van der Waals surface area contributed by atoms with E-state index in [-0.39, 0.29) is 18.0 Å². The van der Waals surface area contributed by atoms with E-state index in [1.807, 2.05) is 0 Å². The van der Waals surface area contributed by atoms with Gasteiger partial charge in [0, 0.05) is 0 Å². The first-order valence-corrected chi connectivity index (χ1v) is 8.08. The van der Waals surface area contributed by atoms with Crippen molar-refractivity contribution in [3.8, 4) is 0 Å². The molecular formula is C16H28O2. The van der Waals surface area contributed by atoms with Gasteiger partial charge in [0.1, 0.15) is 6.10 Å². The molecule has 1 heterocycles. The minimum atomic E-state index is 0.0734. The summed E-state index contributed by atoms with van der Waals surface area (Å²) in [5.74, 6) is 0.319. The van der Waals surface area contributed by atoms with Crippen LogP contribution in [0.15, 0.2) is 0 Å². The lowest BCUT2D eigenvalue weighted by molar-refractivity contribution is -0.186. The Morgan fingerprint density at radius 2 is 1.11 bits per heavy atom. The highest BCUT2D eigenvalue weighted by molar-refractivity contribution is 5.78. The fraction of sp³-hybridized carbons (Fsp3) is 0.938. The van der Waals surface area contributed by atoms with Crippen LogP contribution in [-0.4, -0.2) is 12.1 Å². The molecule has 1 saturated carbocycles. The van der Waals surface area contributed by atoms with E-state index in [1.165, 1.54) is 70.6 Å². The molecule has 1 aliphatic carbocycles. The SMILES string of the molecule is O=C1O[C@@H]2CCCCCCCCCCCCC[C@@H]12. The van der Waals surface area contributed by atoms with Gasteiger partial charge < -0.3 is 4.74 Å². The minimum Gasteiger partial charge on any atom is -0.461 e. The lowest BCUT2D eigenvalue weighted by Gasteiger charge is -2.35. The Morgan fingerprint density at radius 3 is 1.61 bits per heavy atom. The molecule has 2 rings (SSSR count). The van der Waals surface area contributed by atoms with E-state index >= 15 is 0 Å². The van der Waals surface area contributed by atoms with Gasteiger partial charge in [-0.1, -0.05) is 64.2 Å². The maximum Gasteiger partial charge on any atom is 0.313 e. The molecule has 2 fully saturated rings. The molecule has 0 amide bonds. The number of carbonyl (C=O) groups is 1. The number of ether oxygens (including phenoxy) is 1. The van der Waals surface area contributed by atoms with Crippen molar-refractivity contribution in [3.63, 3.8) is 0 Å². The smallest absolute Gasteiger partial charge is 0.313 e. The number of hydrogen-bond acceptors (Lipinski definition) is 2. The molecule has 0 aromatic rings. The summed E-state index contributed by atoms with van der Waals surface area (Å²) < 4.78 is 5.29. The van der Waals surface area contributed by atoms with E-state index in [2.05, 4.69) is 0 Å². The average Bonchev–Trinajstić information content (AvgIpc) is 2.37. The third-order valence-electron chi connectivity index (χ3n) is 4.52. The molecule has 2 atom stereocenters. The van der Waals surface area contributed by atoms with Gasteiger partial charge in [0.05, 0.1) is 5.92 Å². The van der Waals surface area contributed by atoms with Crippen LogP contribution in [0.25, 0.3) is 0 Å². The predicted molar refractivity (Wildman–Crippen MR) is 73.4 cm³/mol. The fourth-order valence-corrected chi connectivity index (χ4v) is 3.26. The molecule has 0 aromatic carbocycles. The third kappa shape index (κ3) is 4.29. The first-order chi connectivity index (χ1) is 8.88. The first kappa shape index (κ1) is 13.9. The normalized spacial score (nSPS) is 32.3. The van der Waals surface area contributed by atoms with E-state index < -0.39 is 0 Å². The molecule has 2 aliphatic rings. The van der Waals surface area contributed by atoms with E-state index in [0.29, 0.717) is 0 Å². The Labute approximate surface area is 111 Å². The Morgan fingerprint density at radius 1 is 0.667 bits per heavy atom. The van der Waals surface area contributed by atoms with E-state index in [4.69, 9.17) is 4.74 Å². The van der Waals surface area contributed by atoms with Gasteiger partial charge in [-0.2, -0.15) is 0 Å². The number of carbonyl (C=O) groups excluding carboxylic acids is 1. The summed E-state index contributed by atoms with van der Waals surface area (Å²) in [6, 6.07) is 0. The van der Waals surface area contributed by atoms with Gasteiger partial charge in [0.2, 0.25) is 0 Å². The summed E-state index contributed by atoms with van der Waals surface area (Å²) in [5, 5.41) is 0. The van der Waals surface area contributed by atoms with Gasteiger partial charge in [-0.05, 0) is 19.3 Å². The van der Waals surface area contributed by atoms with Gasteiger partial charge in [0.15, 0.2) is 0 Å². The lowest BCUT2D eigenvalue weighted by Crippen LogP contribution is -2.44. The molecule has 0 aromatic heterocycles. The largest absolute Gasteiger partial charge is 0.461 e. The number of fused-ring (bicyclic) bond motifs is 1. The first-order valence-electron chi connectivity index (χ1n) is 8.08. The van der Waals surface area contributed by atoms with Gasteiger partial charge >= 0.3 is 5.97 Å². The van der Waals surface area contributed by atoms with Crippen LogP contribution < -0.4 is 0 Å². The fourth-order valence-electron chi connectivity index (χ4n) is 3.26. The zero-order valence-corrected chi connectivity index (χ0v) is 11.7. The van der Waals surface area contributed by atoms with E-state index in [0.717, 1.165) is 12.8 Å². The van der Waals surface area contributed by atoms with Crippen molar-refractivity contribution < 1.29 is 9.53 Å². The Balaban J connectivity index is 1.71. The van der Waals surface area contributed by atoms with Crippen molar-refractivity contribution in [2.24, 2.45) is 5.92 Å². The second-order valence-electron chi connectivity index (χ2n) is 6.05. The van der Waals surface area contributed by atoms with Crippen molar-refractivity contribution in [2.45, 2.75) is 89.6 Å². The predicted octanol–water partition coefficient (Wildman–Crippen LogP) is 4.61. The summed E-state index contributed by atoms with van der Waals surface area (Å²) in [6.07, 6.45) is 17.3. The highest BCUT2D eigenvalue weighted by Crippen LogP contribution is 2.31. The maximum atomic E-state index is 11.4. The van der Waals surface area contributed by atoms with Crippen molar-refractivity contribution in [1.29, 1.82) is 0 Å². The van der Waals surface area contributed by atoms with Gasteiger partial charge in [-0.15, -0.1) is 0 Å². The Bertz CT molecular complexity index is 249. The van der Waals surface area contributed by atoms with Crippen molar-refractivity contribution in [2.75, 3.05) is 0 Å². The standard InChI is InChI=1S/C16H28O2/c17-16-14-12-10-8-6-4-2-1-3-5-7-9-11-13-15(14)18-16/h14-15H,1-13H2/t14-,15-/m1/s1. The van der Waals surface area contributed by atoms with Crippen LogP contribution in [0, 0.1) is 5.92 Å². The molecule has 104 valence electrons. The summed E-state index contributed by atoms with van der Waals surface area (Å²) in [7, 11) is 0. The van der Waals surface area contributed by atoms with Crippen LogP contribution in [0.3, 0.4) is 0 Å².